The van der Waals surface area contributed by atoms with Crippen LogP contribution in [0.15, 0.2) is 18.2 Å². The summed E-state index contributed by atoms with van der Waals surface area (Å²) in [7, 11) is 0. The van der Waals surface area contributed by atoms with Gasteiger partial charge in [-0.05, 0) is 43.9 Å². The van der Waals surface area contributed by atoms with Crippen molar-refractivity contribution >= 4 is 23.2 Å². The van der Waals surface area contributed by atoms with Gasteiger partial charge in [-0.1, -0.05) is 19.3 Å². The minimum Gasteiger partial charge on any atom is -0.381 e. The van der Waals surface area contributed by atoms with Crippen molar-refractivity contribution in [2.45, 2.75) is 44.9 Å². The Morgan fingerprint density at radius 3 is 2.52 bits per heavy atom. The van der Waals surface area contributed by atoms with E-state index in [2.05, 4.69) is 10.6 Å². The quantitative estimate of drug-likeness (QED) is 0.735. The second-order valence-electron chi connectivity index (χ2n) is 7.57. The van der Waals surface area contributed by atoms with Crippen LogP contribution in [0.25, 0.3) is 0 Å². The van der Waals surface area contributed by atoms with Gasteiger partial charge in [-0.3, -0.25) is 9.59 Å². The molecule has 1 saturated carbocycles. The monoisotopic (exact) mass is 377 g/mol. The van der Waals surface area contributed by atoms with Gasteiger partial charge in [0.05, 0.1) is 11.1 Å². The minimum atomic E-state index is -0.669. The van der Waals surface area contributed by atoms with Crippen LogP contribution in [0.3, 0.4) is 0 Å². The first-order valence-corrected chi connectivity index (χ1v) is 9.74. The second-order valence-corrected chi connectivity index (χ2v) is 7.57. The van der Waals surface area contributed by atoms with E-state index in [4.69, 9.17) is 10.5 Å². The summed E-state index contributed by atoms with van der Waals surface area (Å²) in [5, 5.41) is 5.52. The summed E-state index contributed by atoms with van der Waals surface area (Å²) in [6.45, 7) is 1.22. The SMILES string of the molecule is NCC1(C(=O)Nc2ccc(F)c(NC(=O)C3CCCCC3)c2)CCOCC1. The molecule has 0 unspecified atom stereocenters. The van der Waals surface area contributed by atoms with Crippen LogP contribution in [-0.2, 0) is 14.3 Å². The van der Waals surface area contributed by atoms with E-state index in [9.17, 15) is 14.0 Å². The van der Waals surface area contributed by atoms with E-state index in [-0.39, 0.29) is 30.0 Å². The van der Waals surface area contributed by atoms with Crippen LogP contribution in [0.5, 0.6) is 0 Å². The Balaban J connectivity index is 1.69. The summed E-state index contributed by atoms with van der Waals surface area (Å²) in [5.41, 5.74) is 5.73. The van der Waals surface area contributed by atoms with Crippen LogP contribution >= 0.6 is 0 Å². The van der Waals surface area contributed by atoms with Gasteiger partial charge >= 0.3 is 0 Å². The minimum absolute atomic E-state index is 0.0702. The molecule has 1 aliphatic carbocycles. The van der Waals surface area contributed by atoms with E-state index < -0.39 is 11.2 Å². The number of anilines is 2. The van der Waals surface area contributed by atoms with Gasteiger partial charge in [-0.2, -0.15) is 0 Å². The standard InChI is InChI=1S/C20H28FN3O3/c21-16-7-6-15(23-19(26)20(13-22)8-10-27-11-9-20)12-17(16)24-18(25)14-4-2-1-3-5-14/h6-7,12,14H,1-5,8-11,13,22H2,(H,23,26)(H,24,25). The molecule has 0 spiro atoms. The molecule has 0 aromatic heterocycles. The molecule has 0 radical (unpaired) electrons. The van der Waals surface area contributed by atoms with Gasteiger partial charge in [0, 0.05) is 31.4 Å². The molecule has 2 amide bonds. The summed E-state index contributed by atoms with van der Waals surface area (Å²) >= 11 is 0. The first kappa shape index (κ1) is 19.8. The molecule has 1 saturated heterocycles. The molecule has 6 nitrogen and oxygen atoms in total. The number of nitrogens with one attached hydrogen (secondary N) is 2. The van der Waals surface area contributed by atoms with Crippen LogP contribution in [-0.4, -0.2) is 31.6 Å². The zero-order valence-electron chi connectivity index (χ0n) is 15.6. The molecule has 7 heteroatoms. The van der Waals surface area contributed by atoms with Gasteiger partial charge < -0.3 is 21.1 Å². The molecule has 4 N–H and O–H groups in total. The summed E-state index contributed by atoms with van der Waals surface area (Å²) in [5.74, 6) is -0.930. The number of benzene rings is 1. The van der Waals surface area contributed by atoms with E-state index in [1.54, 1.807) is 0 Å². The fourth-order valence-electron chi connectivity index (χ4n) is 3.85. The number of halogens is 1. The van der Waals surface area contributed by atoms with Crippen LogP contribution in [0.2, 0.25) is 0 Å². The highest BCUT2D eigenvalue weighted by molar-refractivity contribution is 5.97. The third kappa shape index (κ3) is 4.65. The van der Waals surface area contributed by atoms with Gasteiger partial charge in [0.25, 0.3) is 0 Å². The maximum absolute atomic E-state index is 14.2. The van der Waals surface area contributed by atoms with Crippen molar-refractivity contribution in [1.29, 1.82) is 0 Å². The maximum atomic E-state index is 14.2. The van der Waals surface area contributed by atoms with Crippen LogP contribution in [0.4, 0.5) is 15.8 Å². The number of carbonyl (C=O) groups excluding carboxylic acids is 2. The third-order valence-corrected chi connectivity index (χ3v) is 5.78. The molecule has 2 fully saturated rings. The maximum Gasteiger partial charge on any atom is 0.232 e. The van der Waals surface area contributed by atoms with E-state index >= 15 is 0 Å². The number of nitrogens with two attached hydrogens (primary N) is 1. The summed E-state index contributed by atoms with van der Waals surface area (Å²) in [6, 6.07) is 4.22. The van der Waals surface area contributed by atoms with E-state index in [0.29, 0.717) is 31.7 Å². The number of amides is 2. The predicted octanol–water partition coefficient (Wildman–Crippen LogP) is 3.04. The zero-order valence-corrected chi connectivity index (χ0v) is 15.6. The number of hydrogen-bond acceptors (Lipinski definition) is 4. The number of ether oxygens (including phenoxy) is 1. The summed E-state index contributed by atoms with van der Waals surface area (Å²) in [4.78, 5) is 25.2. The molecular weight excluding hydrogens is 349 g/mol. The van der Waals surface area contributed by atoms with Crippen LogP contribution < -0.4 is 16.4 Å². The molecule has 27 heavy (non-hydrogen) atoms. The Labute approximate surface area is 159 Å². The molecule has 148 valence electrons. The Hall–Kier alpha value is -1.99. The van der Waals surface area contributed by atoms with Crippen molar-refractivity contribution in [3.05, 3.63) is 24.0 Å². The molecular formula is C20H28FN3O3. The van der Waals surface area contributed by atoms with Crippen molar-refractivity contribution in [1.82, 2.24) is 0 Å². The molecule has 3 rings (SSSR count). The zero-order chi connectivity index (χ0) is 19.3. The first-order chi connectivity index (χ1) is 13.0. The molecule has 2 aliphatic rings. The second kappa shape index (κ2) is 8.80. The predicted molar refractivity (Wildman–Crippen MR) is 102 cm³/mol. The van der Waals surface area contributed by atoms with Crippen LogP contribution in [0, 0.1) is 17.2 Å². The highest BCUT2D eigenvalue weighted by atomic mass is 19.1. The highest BCUT2D eigenvalue weighted by Gasteiger charge is 2.38. The Bertz CT molecular complexity index is 683. The lowest BCUT2D eigenvalue weighted by molar-refractivity contribution is -0.130. The van der Waals surface area contributed by atoms with Crippen molar-refractivity contribution in [3.8, 4) is 0 Å². The molecule has 0 atom stereocenters. The molecule has 1 aromatic carbocycles. The highest BCUT2D eigenvalue weighted by Crippen LogP contribution is 2.32. The van der Waals surface area contributed by atoms with Crippen molar-refractivity contribution in [2.24, 2.45) is 17.1 Å². The number of carbonyl (C=O) groups is 2. The van der Waals surface area contributed by atoms with Crippen molar-refractivity contribution in [2.75, 3.05) is 30.4 Å². The van der Waals surface area contributed by atoms with Gasteiger partial charge in [0.15, 0.2) is 0 Å². The topological polar surface area (TPSA) is 93.5 Å². The molecule has 0 bridgehead atoms. The fourth-order valence-corrected chi connectivity index (χ4v) is 3.85. The lowest BCUT2D eigenvalue weighted by Gasteiger charge is -2.34. The Morgan fingerprint density at radius 1 is 1.15 bits per heavy atom. The van der Waals surface area contributed by atoms with E-state index in [1.807, 2.05) is 0 Å². The number of rotatable bonds is 5. The molecule has 1 heterocycles. The average Bonchev–Trinajstić information content (AvgIpc) is 2.71. The molecule has 1 aliphatic heterocycles. The van der Waals surface area contributed by atoms with Gasteiger partial charge in [-0.15, -0.1) is 0 Å². The third-order valence-electron chi connectivity index (χ3n) is 5.78. The average molecular weight is 377 g/mol. The van der Waals surface area contributed by atoms with E-state index in [0.717, 1.165) is 32.1 Å². The first-order valence-electron chi connectivity index (χ1n) is 9.74. The van der Waals surface area contributed by atoms with E-state index in [1.165, 1.54) is 18.2 Å². The largest absolute Gasteiger partial charge is 0.381 e. The molecule has 1 aromatic rings. The fraction of sp³-hybridized carbons (Fsp3) is 0.600. The van der Waals surface area contributed by atoms with Crippen molar-refractivity contribution < 1.29 is 18.7 Å². The summed E-state index contributed by atoms with van der Waals surface area (Å²) < 4.78 is 19.5. The van der Waals surface area contributed by atoms with Gasteiger partial charge in [0.1, 0.15) is 5.82 Å². The number of hydrogen-bond donors (Lipinski definition) is 3. The van der Waals surface area contributed by atoms with Crippen molar-refractivity contribution in [3.63, 3.8) is 0 Å². The van der Waals surface area contributed by atoms with Gasteiger partial charge in [0.2, 0.25) is 11.8 Å². The summed E-state index contributed by atoms with van der Waals surface area (Å²) in [6.07, 6.45) is 6.00. The Morgan fingerprint density at radius 2 is 1.85 bits per heavy atom. The van der Waals surface area contributed by atoms with Gasteiger partial charge in [-0.25, -0.2) is 4.39 Å². The Kier molecular flexibility index (Phi) is 6.44. The van der Waals surface area contributed by atoms with Crippen LogP contribution in [0.1, 0.15) is 44.9 Å². The smallest absolute Gasteiger partial charge is 0.232 e. The normalized spacial score (nSPS) is 20.1. The lowest BCUT2D eigenvalue weighted by Crippen LogP contribution is -2.46. The lowest BCUT2D eigenvalue weighted by atomic mass is 9.79.